The lowest BCUT2D eigenvalue weighted by molar-refractivity contribution is -0.137. The van der Waals surface area contributed by atoms with Gasteiger partial charge < -0.3 is 10.5 Å². The number of benzene rings is 2. The van der Waals surface area contributed by atoms with Gasteiger partial charge in [0.05, 0.1) is 5.56 Å². The van der Waals surface area contributed by atoms with Gasteiger partial charge in [-0.1, -0.05) is 18.2 Å². The second kappa shape index (κ2) is 5.45. The van der Waals surface area contributed by atoms with Crippen molar-refractivity contribution in [2.75, 3.05) is 5.73 Å². The molecule has 2 aromatic carbocycles. The van der Waals surface area contributed by atoms with Crippen LogP contribution in [0.3, 0.4) is 0 Å². The molecule has 0 saturated heterocycles. The molecule has 0 fully saturated rings. The average molecular weight is 281 g/mol. The van der Waals surface area contributed by atoms with E-state index in [-0.39, 0.29) is 11.9 Å². The minimum atomic E-state index is -4.37. The van der Waals surface area contributed by atoms with Crippen molar-refractivity contribution >= 4 is 5.69 Å². The molecule has 0 amide bonds. The van der Waals surface area contributed by atoms with Crippen LogP contribution in [-0.4, -0.2) is 0 Å². The molecule has 0 saturated carbocycles. The van der Waals surface area contributed by atoms with Crippen LogP contribution in [0, 0.1) is 0 Å². The van der Waals surface area contributed by atoms with Crippen molar-refractivity contribution < 1.29 is 17.9 Å². The summed E-state index contributed by atoms with van der Waals surface area (Å²) in [6.45, 7) is 1.77. The molecule has 0 aromatic heterocycles. The Bertz CT molecular complexity index is 578. The topological polar surface area (TPSA) is 35.2 Å². The summed E-state index contributed by atoms with van der Waals surface area (Å²) >= 11 is 0. The van der Waals surface area contributed by atoms with Crippen LogP contribution in [0.1, 0.15) is 24.2 Å². The van der Waals surface area contributed by atoms with Crippen molar-refractivity contribution in [1.29, 1.82) is 0 Å². The Labute approximate surface area is 115 Å². The summed E-state index contributed by atoms with van der Waals surface area (Å²) in [5.41, 5.74) is 6.33. The van der Waals surface area contributed by atoms with E-state index in [0.717, 1.165) is 17.7 Å². The molecule has 2 rings (SSSR count). The molecule has 0 aliphatic carbocycles. The van der Waals surface area contributed by atoms with Crippen LogP contribution in [0.4, 0.5) is 18.9 Å². The van der Waals surface area contributed by atoms with Crippen LogP contribution in [0.15, 0.2) is 48.5 Å². The van der Waals surface area contributed by atoms with Crippen LogP contribution in [0.5, 0.6) is 5.75 Å². The highest BCUT2D eigenvalue weighted by atomic mass is 19.4. The van der Waals surface area contributed by atoms with Crippen molar-refractivity contribution in [1.82, 2.24) is 0 Å². The van der Waals surface area contributed by atoms with Gasteiger partial charge in [0.15, 0.2) is 0 Å². The summed E-state index contributed by atoms with van der Waals surface area (Å²) < 4.78 is 43.3. The van der Waals surface area contributed by atoms with Crippen molar-refractivity contribution in [2.45, 2.75) is 19.2 Å². The Morgan fingerprint density at radius 3 is 2.30 bits per heavy atom. The van der Waals surface area contributed by atoms with Gasteiger partial charge in [0.25, 0.3) is 0 Å². The molecule has 1 unspecified atom stereocenters. The SMILES string of the molecule is CC(Oc1cccc(C(F)(F)F)c1)c1ccc(N)cc1. The predicted molar refractivity (Wildman–Crippen MR) is 71.3 cm³/mol. The zero-order chi connectivity index (χ0) is 14.8. The molecule has 106 valence electrons. The molecule has 0 spiro atoms. The fourth-order valence-corrected chi connectivity index (χ4v) is 1.78. The molecule has 2 N–H and O–H groups in total. The Hall–Kier alpha value is -2.17. The average Bonchev–Trinajstić information content (AvgIpc) is 2.38. The quantitative estimate of drug-likeness (QED) is 0.845. The Kier molecular flexibility index (Phi) is 3.88. The molecular formula is C15H14F3NO. The molecule has 5 heteroatoms. The second-order valence-electron chi connectivity index (χ2n) is 4.45. The lowest BCUT2D eigenvalue weighted by atomic mass is 10.1. The Balaban J connectivity index is 2.15. The number of alkyl halides is 3. The molecule has 2 aromatic rings. The maximum absolute atomic E-state index is 12.6. The number of rotatable bonds is 3. The summed E-state index contributed by atoms with van der Waals surface area (Å²) in [7, 11) is 0. The first-order valence-electron chi connectivity index (χ1n) is 6.05. The summed E-state index contributed by atoms with van der Waals surface area (Å²) in [5, 5.41) is 0. The zero-order valence-corrected chi connectivity index (χ0v) is 10.8. The van der Waals surface area contributed by atoms with Gasteiger partial charge in [0.1, 0.15) is 11.9 Å². The monoisotopic (exact) mass is 281 g/mol. The number of anilines is 1. The van der Waals surface area contributed by atoms with Gasteiger partial charge in [0, 0.05) is 5.69 Å². The maximum atomic E-state index is 12.6. The molecule has 0 aliphatic rings. The highest BCUT2D eigenvalue weighted by Gasteiger charge is 2.30. The van der Waals surface area contributed by atoms with Crippen LogP contribution in [-0.2, 0) is 6.18 Å². The van der Waals surface area contributed by atoms with Gasteiger partial charge in [0.2, 0.25) is 0 Å². The third-order valence-electron chi connectivity index (χ3n) is 2.88. The highest BCUT2D eigenvalue weighted by Crippen LogP contribution is 2.32. The van der Waals surface area contributed by atoms with E-state index in [1.165, 1.54) is 12.1 Å². The van der Waals surface area contributed by atoms with Gasteiger partial charge in [-0.25, -0.2) is 0 Å². The molecule has 20 heavy (non-hydrogen) atoms. The minimum Gasteiger partial charge on any atom is -0.486 e. The summed E-state index contributed by atoms with van der Waals surface area (Å²) in [5.74, 6) is 0.184. The lowest BCUT2D eigenvalue weighted by Crippen LogP contribution is -2.07. The molecule has 0 heterocycles. The van der Waals surface area contributed by atoms with Gasteiger partial charge in [-0.3, -0.25) is 0 Å². The maximum Gasteiger partial charge on any atom is 0.416 e. The Morgan fingerprint density at radius 2 is 1.70 bits per heavy atom. The van der Waals surface area contributed by atoms with Crippen molar-refractivity contribution in [3.63, 3.8) is 0 Å². The molecule has 0 aliphatic heterocycles. The van der Waals surface area contributed by atoms with Crippen molar-refractivity contribution in [2.24, 2.45) is 0 Å². The number of hydrogen-bond donors (Lipinski definition) is 1. The van der Waals surface area contributed by atoms with E-state index in [0.29, 0.717) is 5.69 Å². The summed E-state index contributed by atoms with van der Waals surface area (Å²) in [4.78, 5) is 0. The van der Waals surface area contributed by atoms with E-state index < -0.39 is 11.7 Å². The fourth-order valence-electron chi connectivity index (χ4n) is 1.78. The van der Waals surface area contributed by atoms with E-state index in [1.807, 2.05) is 0 Å². The van der Waals surface area contributed by atoms with Crippen LogP contribution in [0.25, 0.3) is 0 Å². The van der Waals surface area contributed by atoms with Gasteiger partial charge in [-0.15, -0.1) is 0 Å². The van der Waals surface area contributed by atoms with Crippen LogP contribution in [0.2, 0.25) is 0 Å². The first-order chi connectivity index (χ1) is 9.36. The molecule has 2 nitrogen and oxygen atoms in total. The molecule has 0 bridgehead atoms. The predicted octanol–water partition coefficient (Wildman–Crippen LogP) is 4.43. The third kappa shape index (κ3) is 3.44. The number of nitrogens with two attached hydrogens (primary N) is 1. The van der Waals surface area contributed by atoms with E-state index >= 15 is 0 Å². The van der Waals surface area contributed by atoms with Crippen LogP contribution < -0.4 is 10.5 Å². The van der Waals surface area contributed by atoms with Gasteiger partial charge >= 0.3 is 6.18 Å². The largest absolute Gasteiger partial charge is 0.486 e. The molecular weight excluding hydrogens is 267 g/mol. The van der Waals surface area contributed by atoms with E-state index in [4.69, 9.17) is 10.5 Å². The smallest absolute Gasteiger partial charge is 0.416 e. The zero-order valence-electron chi connectivity index (χ0n) is 10.8. The minimum absolute atomic E-state index is 0.184. The van der Waals surface area contributed by atoms with E-state index in [9.17, 15) is 13.2 Å². The van der Waals surface area contributed by atoms with E-state index in [1.54, 1.807) is 31.2 Å². The fraction of sp³-hybridized carbons (Fsp3) is 0.200. The van der Waals surface area contributed by atoms with Gasteiger partial charge in [-0.05, 0) is 42.8 Å². The van der Waals surface area contributed by atoms with Crippen molar-refractivity contribution in [3.8, 4) is 5.75 Å². The number of hydrogen-bond acceptors (Lipinski definition) is 2. The Morgan fingerprint density at radius 1 is 1.05 bits per heavy atom. The van der Waals surface area contributed by atoms with Gasteiger partial charge in [-0.2, -0.15) is 13.2 Å². The summed E-state index contributed by atoms with van der Waals surface area (Å²) in [6, 6.07) is 11.9. The standard InChI is InChI=1S/C15H14F3NO/c1-10(11-5-7-13(19)8-6-11)20-14-4-2-3-12(9-14)15(16,17)18/h2-10H,19H2,1H3. The van der Waals surface area contributed by atoms with Crippen LogP contribution >= 0.6 is 0 Å². The second-order valence-corrected chi connectivity index (χ2v) is 4.45. The first kappa shape index (κ1) is 14.2. The normalized spacial score (nSPS) is 13.0. The third-order valence-corrected chi connectivity index (χ3v) is 2.88. The van der Waals surface area contributed by atoms with E-state index in [2.05, 4.69) is 0 Å². The molecule has 0 radical (unpaired) electrons. The number of halogens is 3. The number of ether oxygens (including phenoxy) is 1. The lowest BCUT2D eigenvalue weighted by Gasteiger charge is -2.16. The van der Waals surface area contributed by atoms with Crippen molar-refractivity contribution in [3.05, 3.63) is 59.7 Å². The molecule has 1 atom stereocenters. The highest BCUT2D eigenvalue weighted by molar-refractivity contribution is 5.40. The first-order valence-corrected chi connectivity index (χ1v) is 6.05. The summed E-state index contributed by atoms with van der Waals surface area (Å²) in [6.07, 6.45) is -4.73. The number of nitrogen functional groups attached to an aromatic ring is 1.